The molecule has 2 heteroatoms. The summed E-state index contributed by atoms with van der Waals surface area (Å²) in [5.74, 6) is 3.23. The number of rotatable bonds is 5. The fraction of sp³-hybridized carbons (Fsp3) is 0.500. The van der Waals surface area contributed by atoms with E-state index < -0.39 is 0 Å². The molecule has 1 fully saturated rings. The molecule has 0 amide bonds. The summed E-state index contributed by atoms with van der Waals surface area (Å²) in [5, 5.41) is 9.62. The first-order valence-electron chi connectivity index (χ1n) is 4.32. The fourth-order valence-electron chi connectivity index (χ4n) is 1.12. The number of thioether (sulfide) groups is 1. The van der Waals surface area contributed by atoms with Gasteiger partial charge in [-0.05, 0) is 43.6 Å². The van der Waals surface area contributed by atoms with E-state index in [1.807, 2.05) is 37.4 Å². The van der Waals surface area contributed by atoms with E-state index in [0.29, 0.717) is 0 Å². The van der Waals surface area contributed by atoms with Gasteiger partial charge in [0.2, 0.25) is 0 Å². The molecule has 0 bridgehead atoms. The summed E-state index contributed by atoms with van der Waals surface area (Å²) in [4.78, 5) is 0. The molecule has 0 heterocycles. The first-order chi connectivity index (χ1) is 5.84. The standard InChI is InChI=1S/C10H15OS/c1-2-12-8-7-10(11)9-5-3-4-6-9/h3-6,10-11H,2,7-8H2,1H3. The van der Waals surface area contributed by atoms with Crippen LogP contribution in [0.3, 0.4) is 0 Å². The summed E-state index contributed by atoms with van der Waals surface area (Å²) in [6.07, 6.45) is 8.47. The summed E-state index contributed by atoms with van der Waals surface area (Å²) in [6, 6.07) is 0. The molecule has 5 radical (unpaired) electrons. The molecule has 1 aliphatic rings. The topological polar surface area (TPSA) is 20.2 Å². The molecule has 0 aliphatic heterocycles. The van der Waals surface area contributed by atoms with Crippen molar-refractivity contribution in [3.8, 4) is 0 Å². The summed E-state index contributed by atoms with van der Waals surface area (Å²) < 4.78 is 0. The van der Waals surface area contributed by atoms with Gasteiger partial charge in [0.25, 0.3) is 0 Å². The zero-order valence-corrected chi connectivity index (χ0v) is 8.18. The Balaban J connectivity index is 2.05. The Hall–Kier alpha value is 0.310. The van der Waals surface area contributed by atoms with Crippen molar-refractivity contribution >= 4 is 11.8 Å². The Labute approximate surface area is 79.9 Å². The van der Waals surface area contributed by atoms with Gasteiger partial charge >= 0.3 is 0 Å². The quantitative estimate of drug-likeness (QED) is 0.657. The molecule has 67 valence electrons. The van der Waals surface area contributed by atoms with E-state index >= 15 is 0 Å². The minimum Gasteiger partial charge on any atom is -0.392 e. The Morgan fingerprint density at radius 3 is 2.67 bits per heavy atom. The van der Waals surface area contributed by atoms with Gasteiger partial charge in [-0.2, -0.15) is 11.8 Å². The zero-order valence-electron chi connectivity index (χ0n) is 7.36. The van der Waals surface area contributed by atoms with E-state index in [0.717, 1.165) is 23.8 Å². The van der Waals surface area contributed by atoms with E-state index in [9.17, 15) is 5.11 Å². The molecule has 12 heavy (non-hydrogen) atoms. The van der Waals surface area contributed by atoms with E-state index in [1.165, 1.54) is 0 Å². The van der Waals surface area contributed by atoms with Gasteiger partial charge in [0.15, 0.2) is 0 Å². The molecule has 1 unspecified atom stereocenters. The van der Waals surface area contributed by atoms with E-state index in [4.69, 9.17) is 0 Å². The highest BCUT2D eigenvalue weighted by atomic mass is 32.2. The number of hydrogen-bond acceptors (Lipinski definition) is 2. The fourth-order valence-corrected chi connectivity index (χ4v) is 1.80. The second-order valence-electron chi connectivity index (χ2n) is 2.72. The first-order valence-corrected chi connectivity index (χ1v) is 5.47. The van der Waals surface area contributed by atoms with E-state index in [-0.39, 0.29) is 6.10 Å². The second-order valence-corrected chi connectivity index (χ2v) is 4.11. The Kier molecular flexibility index (Phi) is 5.08. The van der Waals surface area contributed by atoms with Crippen LogP contribution in [0.25, 0.3) is 0 Å². The SMILES string of the molecule is CCSCCC(O)[C]1[CH][CH][CH][CH]1. The number of aliphatic hydroxyl groups excluding tert-OH is 1. The lowest BCUT2D eigenvalue weighted by atomic mass is 9.99. The van der Waals surface area contributed by atoms with Gasteiger partial charge in [-0.1, -0.05) is 6.92 Å². The molecular weight excluding hydrogens is 168 g/mol. The predicted octanol–water partition coefficient (Wildman–Crippen LogP) is 1.90. The van der Waals surface area contributed by atoms with Crippen LogP contribution in [0.15, 0.2) is 0 Å². The molecule has 1 aliphatic carbocycles. The predicted molar refractivity (Wildman–Crippen MR) is 54.1 cm³/mol. The molecule has 0 spiro atoms. The summed E-state index contributed by atoms with van der Waals surface area (Å²) >= 11 is 1.87. The lowest BCUT2D eigenvalue weighted by Crippen LogP contribution is -2.17. The third kappa shape index (κ3) is 3.36. The molecule has 1 N–H and O–H groups in total. The molecule has 1 rings (SSSR count). The second kappa shape index (κ2) is 5.87. The summed E-state index contributed by atoms with van der Waals surface area (Å²) in [6.45, 7) is 2.14. The minimum atomic E-state index is -0.265. The van der Waals surface area contributed by atoms with Crippen LogP contribution in [0, 0.1) is 31.6 Å². The van der Waals surface area contributed by atoms with Crippen LogP contribution >= 0.6 is 11.8 Å². The van der Waals surface area contributed by atoms with Crippen LogP contribution in [0.4, 0.5) is 0 Å². The molecular formula is C10H15OS. The average Bonchev–Trinajstić information content (AvgIpc) is 2.56. The van der Waals surface area contributed by atoms with Gasteiger partial charge in [0.1, 0.15) is 0 Å². The van der Waals surface area contributed by atoms with Gasteiger partial charge in [0, 0.05) is 5.92 Å². The van der Waals surface area contributed by atoms with Crippen LogP contribution in [0.2, 0.25) is 0 Å². The van der Waals surface area contributed by atoms with Crippen molar-refractivity contribution in [2.45, 2.75) is 19.4 Å². The van der Waals surface area contributed by atoms with E-state index in [1.54, 1.807) is 0 Å². The molecule has 0 aromatic rings. The number of aliphatic hydroxyl groups is 1. The lowest BCUT2D eigenvalue weighted by molar-refractivity contribution is 0.193. The van der Waals surface area contributed by atoms with E-state index in [2.05, 4.69) is 6.92 Å². The third-order valence-corrected chi connectivity index (χ3v) is 2.75. The highest BCUT2D eigenvalue weighted by molar-refractivity contribution is 7.99. The maximum absolute atomic E-state index is 9.62. The highest BCUT2D eigenvalue weighted by Crippen LogP contribution is 2.28. The Bertz CT molecular complexity index is 110. The Morgan fingerprint density at radius 2 is 2.08 bits per heavy atom. The maximum Gasteiger partial charge on any atom is 0.0616 e. The van der Waals surface area contributed by atoms with Crippen molar-refractivity contribution < 1.29 is 5.11 Å². The van der Waals surface area contributed by atoms with Crippen LogP contribution in [0.5, 0.6) is 0 Å². The lowest BCUT2D eigenvalue weighted by Gasteiger charge is -2.15. The monoisotopic (exact) mass is 183 g/mol. The normalized spacial score (nSPS) is 21.5. The molecule has 0 saturated heterocycles. The molecule has 0 aromatic carbocycles. The van der Waals surface area contributed by atoms with Crippen molar-refractivity contribution in [1.82, 2.24) is 0 Å². The summed E-state index contributed by atoms with van der Waals surface area (Å²) in [7, 11) is 0. The van der Waals surface area contributed by atoms with Gasteiger partial charge in [-0.15, -0.1) is 0 Å². The van der Waals surface area contributed by atoms with Gasteiger partial charge < -0.3 is 5.11 Å². The molecule has 1 nitrogen and oxygen atoms in total. The summed E-state index contributed by atoms with van der Waals surface area (Å²) in [5.41, 5.74) is 0. The maximum atomic E-state index is 9.62. The number of hydrogen-bond donors (Lipinski definition) is 1. The van der Waals surface area contributed by atoms with Crippen molar-refractivity contribution in [1.29, 1.82) is 0 Å². The molecule has 1 saturated carbocycles. The Morgan fingerprint density at radius 1 is 1.42 bits per heavy atom. The highest BCUT2D eigenvalue weighted by Gasteiger charge is 2.23. The van der Waals surface area contributed by atoms with Crippen LogP contribution in [-0.4, -0.2) is 22.7 Å². The average molecular weight is 183 g/mol. The van der Waals surface area contributed by atoms with Gasteiger partial charge in [0.05, 0.1) is 6.10 Å². The van der Waals surface area contributed by atoms with Crippen LogP contribution < -0.4 is 0 Å². The van der Waals surface area contributed by atoms with Gasteiger partial charge in [-0.25, -0.2) is 0 Å². The van der Waals surface area contributed by atoms with Crippen molar-refractivity contribution in [3.05, 3.63) is 31.6 Å². The van der Waals surface area contributed by atoms with Crippen molar-refractivity contribution in [3.63, 3.8) is 0 Å². The molecule has 0 aromatic heterocycles. The zero-order chi connectivity index (χ0) is 8.81. The largest absolute Gasteiger partial charge is 0.392 e. The van der Waals surface area contributed by atoms with Crippen molar-refractivity contribution in [2.75, 3.05) is 11.5 Å². The minimum absolute atomic E-state index is 0.265. The smallest absolute Gasteiger partial charge is 0.0616 e. The van der Waals surface area contributed by atoms with Crippen molar-refractivity contribution in [2.24, 2.45) is 0 Å². The van der Waals surface area contributed by atoms with Crippen LogP contribution in [0.1, 0.15) is 13.3 Å². The first kappa shape index (κ1) is 10.4. The molecule has 1 atom stereocenters. The van der Waals surface area contributed by atoms with Gasteiger partial charge in [-0.3, -0.25) is 0 Å². The van der Waals surface area contributed by atoms with Crippen LogP contribution in [-0.2, 0) is 0 Å². The third-order valence-electron chi connectivity index (χ3n) is 1.81.